The first kappa shape index (κ1) is 15.2. The molecular formula is C8H2ClF3N2O4S. The maximum absolute atomic E-state index is 12.7. The van der Waals surface area contributed by atoms with Crippen LogP contribution < -0.4 is 0 Å². The monoisotopic (exact) mass is 314 g/mol. The molecule has 0 aliphatic heterocycles. The molecule has 11 heteroatoms. The van der Waals surface area contributed by atoms with Gasteiger partial charge in [0.05, 0.1) is 16.1 Å². The van der Waals surface area contributed by atoms with Crippen LogP contribution in [0.25, 0.3) is 0 Å². The summed E-state index contributed by atoms with van der Waals surface area (Å²) < 4.78 is 60.3. The van der Waals surface area contributed by atoms with E-state index in [2.05, 4.69) is 0 Å². The molecule has 0 saturated carbocycles. The van der Waals surface area contributed by atoms with Gasteiger partial charge in [-0.3, -0.25) is 10.1 Å². The molecule has 0 amide bonds. The lowest BCUT2D eigenvalue weighted by molar-refractivity contribution is -0.385. The Morgan fingerprint density at radius 1 is 1.37 bits per heavy atom. The Labute approximate surface area is 108 Å². The topological polar surface area (TPSA) is 101 Å². The molecule has 0 aromatic heterocycles. The number of halogens is 4. The molecule has 0 unspecified atom stereocenters. The molecule has 0 bridgehead atoms. The van der Waals surface area contributed by atoms with Crippen molar-refractivity contribution in [3.63, 3.8) is 0 Å². The van der Waals surface area contributed by atoms with Gasteiger partial charge in [0, 0.05) is 22.8 Å². The number of non-ortho nitro benzene ring substituents is 1. The van der Waals surface area contributed by atoms with Crippen molar-refractivity contribution in [1.82, 2.24) is 0 Å². The lowest BCUT2D eigenvalue weighted by Gasteiger charge is -2.12. The Morgan fingerprint density at radius 3 is 2.21 bits per heavy atom. The lowest BCUT2D eigenvalue weighted by atomic mass is 10.1. The van der Waals surface area contributed by atoms with Gasteiger partial charge in [-0.1, -0.05) is 0 Å². The Morgan fingerprint density at radius 2 is 1.89 bits per heavy atom. The van der Waals surface area contributed by atoms with E-state index in [0.29, 0.717) is 6.07 Å². The van der Waals surface area contributed by atoms with Crippen LogP contribution in [0.4, 0.5) is 18.9 Å². The van der Waals surface area contributed by atoms with E-state index >= 15 is 0 Å². The second-order valence-electron chi connectivity index (χ2n) is 3.17. The van der Waals surface area contributed by atoms with E-state index < -0.39 is 41.9 Å². The number of nitro groups is 1. The van der Waals surface area contributed by atoms with E-state index in [1.165, 1.54) is 0 Å². The highest BCUT2D eigenvalue weighted by Crippen LogP contribution is 2.39. The second-order valence-corrected chi connectivity index (χ2v) is 5.71. The molecule has 0 aliphatic rings. The van der Waals surface area contributed by atoms with E-state index in [0.717, 1.165) is 6.07 Å². The van der Waals surface area contributed by atoms with Gasteiger partial charge in [-0.2, -0.15) is 18.4 Å². The molecule has 0 radical (unpaired) electrons. The molecule has 0 atom stereocenters. The fraction of sp³-hybridized carbons (Fsp3) is 0.125. The molecule has 19 heavy (non-hydrogen) atoms. The summed E-state index contributed by atoms with van der Waals surface area (Å²) in [6.07, 6.45) is -5.20. The third kappa shape index (κ3) is 3.12. The second kappa shape index (κ2) is 4.67. The first-order chi connectivity index (χ1) is 8.48. The molecule has 1 aromatic rings. The van der Waals surface area contributed by atoms with Crippen molar-refractivity contribution in [1.29, 1.82) is 5.26 Å². The van der Waals surface area contributed by atoms with Crippen molar-refractivity contribution in [2.75, 3.05) is 0 Å². The van der Waals surface area contributed by atoms with Gasteiger partial charge in [-0.25, -0.2) is 8.42 Å². The molecule has 6 nitrogen and oxygen atoms in total. The van der Waals surface area contributed by atoms with Crippen LogP contribution in [0.15, 0.2) is 17.0 Å². The maximum atomic E-state index is 12.7. The highest BCUT2D eigenvalue weighted by atomic mass is 35.7. The molecular weight excluding hydrogens is 313 g/mol. The van der Waals surface area contributed by atoms with E-state index in [-0.39, 0.29) is 6.07 Å². The van der Waals surface area contributed by atoms with Gasteiger partial charge in [-0.15, -0.1) is 0 Å². The van der Waals surface area contributed by atoms with Gasteiger partial charge in [-0.05, 0) is 0 Å². The van der Waals surface area contributed by atoms with Crippen LogP contribution in [-0.2, 0) is 15.2 Å². The normalized spacial score (nSPS) is 11.9. The molecule has 0 heterocycles. The zero-order valence-electron chi connectivity index (χ0n) is 8.60. The minimum atomic E-state index is -5.20. The molecule has 0 saturated heterocycles. The summed E-state index contributed by atoms with van der Waals surface area (Å²) in [5, 5.41) is 19.1. The standard InChI is InChI=1S/C8H2ClF3N2O4S/c9-19(17,18)6-2-5(14(15)16)1-4(3-13)7(6)8(10,11)12/h1-2H. The quantitative estimate of drug-likeness (QED) is 0.474. The SMILES string of the molecule is N#Cc1cc([N+](=O)[O-])cc(S(=O)(=O)Cl)c1C(F)(F)F. The van der Waals surface area contributed by atoms with Crippen LogP contribution in [0.3, 0.4) is 0 Å². The van der Waals surface area contributed by atoms with Gasteiger partial charge in [0.2, 0.25) is 0 Å². The summed E-state index contributed by atoms with van der Waals surface area (Å²) in [6.45, 7) is 0. The summed E-state index contributed by atoms with van der Waals surface area (Å²) in [5.74, 6) is 0. The number of nitro benzene ring substituents is 1. The van der Waals surface area contributed by atoms with Crippen molar-refractivity contribution in [2.45, 2.75) is 11.1 Å². The van der Waals surface area contributed by atoms with Crippen molar-refractivity contribution in [2.24, 2.45) is 0 Å². The lowest BCUT2D eigenvalue weighted by Crippen LogP contribution is -2.14. The van der Waals surface area contributed by atoms with Crippen LogP contribution in [0, 0.1) is 21.4 Å². The van der Waals surface area contributed by atoms with Crippen molar-refractivity contribution in [3.8, 4) is 6.07 Å². The van der Waals surface area contributed by atoms with Crippen LogP contribution in [-0.4, -0.2) is 13.3 Å². The number of nitrogens with zero attached hydrogens (tertiary/aromatic N) is 2. The van der Waals surface area contributed by atoms with E-state index in [4.69, 9.17) is 15.9 Å². The third-order valence-corrected chi connectivity index (χ3v) is 3.31. The van der Waals surface area contributed by atoms with E-state index in [9.17, 15) is 31.7 Å². The third-order valence-electron chi connectivity index (χ3n) is 1.96. The molecule has 0 aliphatic carbocycles. The molecule has 1 rings (SSSR count). The van der Waals surface area contributed by atoms with Crippen molar-refractivity contribution in [3.05, 3.63) is 33.4 Å². The summed E-state index contributed by atoms with van der Waals surface area (Å²) in [6, 6.07) is 1.55. The molecule has 1 aromatic carbocycles. The van der Waals surface area contributed by atoms with Crippen molar-refractivity contribution >= 4 is 25.4 Å². The average Bonchev–Trinajstić information content (AvgIpc) is 2.24. The number of hydrogen-bond acceptors (Lipinski definition) is 5. The van der Waals surface area contributed by atoms with Crippen LogP contribution >= 0.6 is 10.7 Å². The Balaban J connectivity index is 3.91. The number of alkyl halides is 3. The summed E-state index contributed by atoms with van der Waals surface area (Å²) in [5.41, 5.74) is -4.00. The van der Waals surface area contributed by atoms with Gasteiger partial charge >= 0.3 is 6.18 Å². The van der Waals surface area contributed by atoms with Gasteiger partial charge in [0.1, 0.15) is 11.0 Å². The van der Waals surface area contributed by atoms with Crippen molar-refractivity contribution < 1.29 is 26.5 Å². The van der Waals surface area contributed by atoms with Crippen LogP contribution in [0.1, 0.15) is 11.1 Å². The molecule has 0 spiro atoms. The summed E-state index contributed by atoms with van der Waals surface area (Å²) in [4.78, 5) is 7.83. The average molecular weight is 315 g/mol. The smallest absolute Gasteiger partial charge is 0.258 e. The van der Waals surface area contributed by atoms with Crippen LogP contribution in [0.5, 0.6) is 0 Å². The molecule has 102 valence electrons. The van der Waals surface area contributed by atoms with E-state index in [1.54, 1.807) is 0 Å². The number of nitriles is 1. The van der Waals surface area contributed by atoms with Gasteiger partial charge in [0.25, 0.3) is 14.7 Å². The maximum Gasteiger partial charge on any atom is 0.419 e. The van der Waals surface area contributed by atoms with E-state index in [1.807, 2.05) is 0 Å². The number of benzene rings is 1. The molecule has 0 N–H and O–H groups in total. The molecule has 0 fully saturated rings. The first-order valence-electron chi connectivity index (χ1n) is 4.23. The summed E-state index contributed by atoms with van der Waals surface area (Å²) in [7, 11) is -0.0930. The largest absolute Gasteiger partial charge is 0.419 e. The Bertz CT molecular complexity index is 693. The fourth-order valence-corrected chi connectivity index (χ4v) is 2.38. The predicted octanol–water partition coefficient (Wildman–Crippen LogP) is 2.41. The Kier molecular flexibility index (Phi) is 3.74. The number of hydrogen-bond donors (Lipinski definition) is 0. The minimum absolute atomic E-state index is 0.159. The predicted molar refractivity (Wildman–Crippen MR) is 55.9 cm³/mol. The zero-order chi connectivity index (χ0) is 15.0. The first-order valence-corrected chi connectivity index (χ1v) is 6.54. The highest BCUT2D eigenvalue weighted by molar-refractivity contribution is 8.13. The fourth-order valence-electron chi connectivity index (χ4n) is 1.28. The van der Waals surface area contributed by atoms with Crippen LogP contribution in [0.2, 0.25) is 0 Å². The van der Waals surface area contributed by atoms with Gasteiger partial charge in [0.15, 0.2) is 0 Å². The summed E-state index contributed by atoms with van der Waals surface area (Å²) >= 11 is 0. The Hall–Kier alpha value is -1.86. The zero-order valence-corrected chi connectivity index (χ0v) is 10.2. The highest BCUT2D eigenvalue weighted by Gasteiger charge is 2.41. The minimum Gasteiger partial charge on any atom is -0.258 e. The number of rotatable bonds is 2. The van der Waals surface area contributed by atoms with Gasteiger partial charge < -0.3 is 0 Å².